The van der Waals surface area contributed by atoms with E-state index in [9.17, 15) is 14.4 Å². The Bertz CT molecular complexity index is 1520. The highest BCUT2D eigenvalue weighted by Crippen LogP contribution is 2.32. The van der Waals surface area contributed by atoms with E-state index in [1.807, 2.05) is 26.0 Å². The Labute approximate surface area is 240 Å². The molecule has 206 valence electrons. The maximum atomic E-state index is 12.7. The number of carbonyl (C=O) groups is 3. The number of hydrogen-bond donors (Lipinski definition) is 3. The normalized spacial score (nSPS) is 11.0. The van der Waals surface area contributed by atoms with Crippen LogP contribution in [0.2, 0.25) is 10.0 Å². The first-order valence-corrected chi connectivity index (χ1v) is 12.9. The number of nitrogens with zero attached hydrogens (tertiary/aromatic N) is 1. The molecule has 0 atom stereocenters. The van der Waals surface area contributed by atoms with Gasteiger partial charge in [-0.3, -0.25) is 14.4 Å². The second kappa shape index (κ2) is 12.2. The van der Waals surface area contributed by atoms with E-state index < -0.39 is 23.3 Å². The van der Waals surface area contributed by atoms with Gasteiger partial charge in [-0.1, -0.05) is 41.4 Å². The van der Waals surface area contributed by atoms with Gasteiger partial charge in [-0.25, -0.2) is 4.98 Å². The fourth-order valence-corrected chi connectivity index (χ4v) is 4.61. The van der Waals surface area contributed by atoms with Gasteiger partial charge in [0, 0.05) is 23.0 Å². The zero-order valence-electron chi connectivity index (χ0n) is 21.9. The summed E-state index contributed by atoms with van der Waals surface area (Å²) in [4.78, 5) is 41.8. The average Bonchev–Trinajstić information content (AvgIpc) is 3.44. The summed E-state index contributed by atoms with van der Waals surface area (Å²) in [6.45, 7) is 3.62. The number of halogens is 2. The van der Waals surface area contributed by atoms with E-state index in [0.29, 0.717) is 34.9 Å². The molecule has 11 heteroatoms. The molecular weight excluding hydrogens is 555 g/mol. The van der Waals surface area contributed by atoms with Crippen LogP contribution in [-0.2, 0) is 16.0 Å². The lowest BCUT2D eigenvalue weighted by atomic mass is 9.94. The number of rotatable bonds is 8. The Hall–Kier alpha value is -4.34. The van der Waals surface area contributed by atoms with Crippen molar-refractivity contribution in [2.45, 2.75) is 25.8 Å². The van der Waals surface area contributed by atoms with Gasteiger partial charge in [0.25, 0.3) is 5.91 Å². The Morgan fingerprint density at radius 2 is 1.60 bits per heavy atom. The first-order chi connectivity index (χ1) is 19.1. The number of carbonyl (C=O) groups excluding carboxylic acids is 3. The summed E-state index contributed by atoms with van der Waals surface area (Å²) in [5, 5.41) is 8.63. The second-order valence-corrected chi connectivity index (χ2v) is 10.3. The molecule has 3 aromatic carbocycles. The minimum absolute atomic E-state index is 0.196. The molecule has 1 aromatic heterocycles. The van der Waals surface area contributed by atoms with E-state index in [-0.39, 0.29) is 15.6 Å². The van der Waals surface area contributed by atoms with Gasteiger partial charge >= 0.3 is 11.8 Å². The summed E-state index contributed by atoms with van der Waals surface area (Å²) in [5.41, 5.74) is 1.91. The molecule has 0 aliphatic rings. The SMILES string of the molecule is COc1cc(NC(=O)C(=O)NC(C)(C)Cc2ccc(NC(=O)c3c(Cl)cccc3Cl)cc2)ccc1-c1cnco1. The number of oxazole rings is 1. The summed E-state index contributed by atoms with van der Waals surface area (Å²) in [6, 6.07) is 16.9. The molecule has 0 unspecified atom stereocenters. The van der Waals surface area contributed by atoms with Crippen molar-refractivity contribution in [2.75, 3.05) is 17.7 Å². The van der Waals surface area contributed by atoms with Crippen LogP contribution in [0.4, 0.5) is 11.4 Å². The number of benzene rings is 3. The van der Waals surface area contributed by atoms with Crippen molar-refractivity contribution in [3.05, 3.63) is 94.4 Å². The number of nitrogens with one attached hydrogen (secondary N) is 3. The van der Waals surface area contributed by atoms with Crippen LogP contribution in [0.1, 0.15) is 29.8 Å². The molecular formula is C29H26Cl2N4O5. The maximum Gasteiger partial charge on any atom is 0.313 e. The monoisotopic (exact) mass is 580 g/mol. The fraction of sp³-hybridized carbons (Fsp3) is 0.172. The van der Waals surface area contributed by atoms with Crippen molar-refractivity contribution in [2.24, 2.45) is 0 Å². The molecule has 3 amide bonds. The van der Waals surface area contributed by atoms with E-state index >= 15 is 0 Å². The van der Waals surface area contributed by atoms with Gasteiger partial charge in [0.2, 0.25) is 0 Å². The maximum absolute atomic E-state index is 12.7. The number of methoxy groups -OCH3 is 1. The van der Waals surface area contributed by atoms with E-state index in [1.54, 1.807) is 54.7 Å². The Kier molecular flexibility index (Phi) is 8.77. The minimum atomic E-state index is -0.821. The molecule has 0 radical (unpaired) electrons. The largest absolute Gasteiger partial charge is 0.496 e. The summed E-state index contributed by atoms with van der Waals surface area (Å²) in [5.74, 6) is -1.07. The second-order valence-electron chi connectivity index (χ2n) is 9.50. The van der Waals surface area contributed by atoms with Gasteiger partial charge in [0.1, 0.15) is 5.75 Å². The molecule has 3 N–H and O–H groups in total. The number of aromatic nitrogens is 1. The zero-order chi connectivity index (χ0) is 28.9. The quantitative estimate of drug-likeness (QED) is 0.220. The summed E-state index contributed by atoms with van der Waals surface area (Å²) in [6.07, 6.45) is 3.28. The van der Waals surface area contributed by atoms with Crippen LogP contribution in [0.3, 0.4) is 0 Å². The molecule has 4 rings (SSSR count). The third-order valence-electron chi connectivity index (χ3n) is 5.86. The zero-order valence-corrected chi connectivity index (χ0v) is 23.4. The molecule has 0 saturated carbocycles. The van der Waals surface area contributed by atoms with E-state index in [1.165, 1.54) is 13.5 Å². The van der Waals surface area contributed by atoms with Crippen molar-refractivity contribution in [1.82, 2.24) is 10.3 Å². The third-order valence-corrected chi connectivity index (χ3v) is 6.49. The van der Waals surface area contributed by atoms with Gasteiger partial charge in [-0.15, -0.1) is 0 Å². The van der Waals surface area contributed by atoms with E-state index in [2.05, 4.69) is 20.9 Å². The fourth-order valence-electron chi connectivity index (χ4n) is 4.04. The first-order valence-electron chi connectivity index (χ1n) is 12.1. The average molecular weight is 581 g/mol. The van der Waals surface area contributed by atoms with E-state index in [4.69, 9.17) is 32.4 Å². The Morgan fingerprint density at radius 1 is 0.925 bits per heavy atom. The lowest BCUT2D eigenvalue weighted by Crippen LogP contribution is -2.49. The van der Waals surface area contributed by atoms with E-state index in [0.717, 1.165) is 5.56 Å². The molecule has 9 nitrogen and oxygen atoms in total. The molecule has 0 saturated heterocycles. The topological polar surface area (TPSA) is 123 Å². The Morgan fingerprint density at radius 3 is 2.23 bits per heavy atom. The number of hydrogen-bond acceptors (Lipinski definition) is 6. The van der Waals surface area contributed by atoms with Crippen LogP contribution in [0.15, 0.2) is 77.7 Å². The summed E-state index contributed by atoms with van der Waals surface area (Å²) < 4.78 is 10.7. The van der Waals surface area contributed by atoms with Gasteiger partial charge in [-0.2, -0.15) is 0 Å². The van der Waals surface area contributed by atoms with Crippen molar-refractivity contribution >= 4 is 52.3 Å². The predicted molar refractivity (Wildman–Crippen MR) is 154 cm³/mol. The number of ether oxygens (including phenoxy) is 1. The standard InChI is InChI=1S/C29H26Cl2N4O5/c1-29(2,14-17-7-9-18(10-8-17)33-26(36)25-21(30)5-4-6-22(25)31)35-28(38)27(37)34-19-11-12-20(23(13-19)39-3)24-15-32-16-40-24/h4-13,15-16H,14H2,1-3H3,(H,33,36)(H,34,37)(H,35,38). The van der Waals surface area contributed by atoms with Gasteiger partial charge in [-0.05, 0) is 62.2 Å². The molecule has 0 aliphatic heterocycles. The van der Waals surface area contributed by atoms with Crippen molar-refractivity contribution in [3.8, 4) is 17.1 Å². The van der Waals surface area contributed by atoms with Crippen LogP contribution >= 0.6 is 23.2 Å². The van der Waals surface area contributed by atoms with Crippen LogP contribution in [0.25, 0.3) is 11.3 Å². The minimum Gasteiger partial charge on any atom is -0.496 e. The van der Waals surface area contributed by atoms with Crippen LogP contribution in [0.5, 0.6) is 5.75 Å². The number of anilines is 2. The van der Waals surface area contributed by atoms with Gasteiger partial charge < -0.3 is 25.1 Å². The summed E-state index contributed by atoms with van der Waals surface area (Å²) >= 11 is 12.2. The smallest absolute Gasteiger partial charge is 0.313 e. The molecule has 1 heterocycles. The third kappa shape index (κ3) is 6.99. The first kappa shape index (κ1) is 28.7. The molecule has 40 heavy (non-hydrogen) atoms. The van der Waals surface area contributed by atoms with Crippen molar-refractivity contribution in [1.29, 1.82) is 0 Å². The van der Waals surface area contributed by atoms with Crippen LogP contribution < -0.4 is 20.7 Å². The molecule has 0 fully saturated rings. The van der Waals surface area contributed by atoms with Gasteiger partial charge in [0.15, 0.2) is 12.2 Å². The lowest BCUT2D eigenvalue weighted by molar-refractivity contribution is -0.137. The molecule has 0 bridgehead atoms. The predicted octanol–water partition coefficient (Wildman–Crippen LogP) is 5.99. The lowest BCUT2D eigenvalue weighted by Gasteiger charge is -2.26. The molecule has 4 aromatic rings. The highest BCUT2D eigenvalue weighted by atomic mass is 35.5. The summed E-state index contributed by atoms with van der Waals surface area (Å²) in [7, 11) is 1.49. The molecule has 0 spiro atoms. The van der Waals surface area contributed by atoms with Crippen molar-refractivity contribution in [3.63, 3.8) is 0 Å². The molecule has 0 aliphatic carbocycles. The highest BCUT2D eigenvalue weighted by Gasteiger charge is 2.25. The van der Waals surface area contributed by atoms with Gasteiger partial charge in [0.05, 0.1) is 34.5 Å². The van der Waals surface area contributed by atoms with Crippen molar-refractivity contribution < 1.29 is 23.5 Å². The highest BCUT2D eigenvalue weighted by molar-refractivity contribution is 6.40. The number of amides is 3. The van der Waals surface area contributed by atoms with Crippen LogP contribution in [-0.4, -0.2) is 35.4 Å². The van der Waals surface area contributed by atoms with Crippen LogP contribution in [0, 0.1) is 0 Å². The Balaban J connectivity index is 1.34.